The number of aryl methyl sites for hydroxylation is 2. The SMILES string of the molecule is Cc1cn([C@@H]2O[C@H](CO[Si](C)(C)C(C)(C)C)[C@@]3(OS(=O)(=O)C=C3N)[C@H]2O[Si](C)(C)C(C)(C)C)c(=O)n(CCOCCn2c(=O)c(C)cn([C@H]3C[C@H](N=[N+]=[N-])[C@@H](CO)O3)c2=O)c1=O. The fourth-order valence-electron chi connectivity index (χ4n) is 7.17. The van der Waals surface area contributed by atoms with Crippen LogP contribution in [0.2, 0.25) is 36.3 Å². The maximum Gasteiger partial charge on any atom is 0.333 e. The zero-order valence-electron chi connectivity index (χ0n) is 37.6. The Hall–Kier alpha value is -3.69. The highest BCUT2D eigenvalue weighted by molar-refractivity contribution is 7.90. The molecule has 0 saturated carbocycles. The Balaban J connectivity index is 1.45. The van der Waals surface area contributed by atoms with E-state index in [1.54, 1.807) is 0 Å². The van der Waals surface area contributed by atoms with Crippen LogP contribution in [0.4, 0.5) is 0 Å². The minimum atomic E-state index is -4.33. The molecule has 3 aliphatic heterocycles. The van der Waals surface area contributed by atoms with Gasteiger partial charge >= 0.3 is 11.4 Å². The molecule has 0 radical (unpaired) electrons. The highest BCUT2D eigenvalue weighted by Gasteiger charge is 2.67. The van der Waals surface area contributed by atoms with Gasteiger partial charge in [-0.05, 0) is 55.6 Å². The van der Waals surface area contributed by atoms with Gasteiger partial charge in [-0.2, -0.15) is 8.42 Å². The van der Waals surface area contributed by atoms with E-state index in [0.717, 1.165) is 14.5 Å². The molecule has 21 nitrogen and oxygen atoms in total. The highest BCUT2D eigenvalue weighted by atomic mass is 32.2. The molecule has 0 aliphatic carbocycles. The second-order valence-electron chi connectivity index (χ2n) is 19.2. The van der Waals surface area contributed by atoms with Crippen LogP contribution in [-0.4, -0.2) is 105 Å². The van der Waals surface area contributed by atoms with Gasteiger partial charge in [-0.1, -0.05) is 46.7 Å². The van der Waals surface area contributed by atoms with Crippen molar-refractivity contribution < 1.29 is 40.8 Å². The molecule has 7 atom stereocenters. The molecule has 2 saturated heterocycles. The van der Waals surface area contributed by atoms with Crippen LogP contribution in [-0.2, 0) is 50.5 Å². The first kappa shape index (κ1) is 49.3. The maximum atomic E-state index is 14.5. The second kappa shape index (κ2) is 17.7. The summed E-state index contributed by atoms with van der Waals surface area (Å²) in [5, 5.41) is 13.6. The van der Waals surface area contributed by atoms with Gasteiger partial charge in [0.25, 0.3) is 21.2 Å². The van der Waals surface area contributed by atoms with E-state index in [1.807, 2.05) is 47.0 Å². The van der Waals surface area contributed by atoms with Crippen molar-refractivity contribution in [1.82, 2.24) is 18.3 Å². The van der Waals surface area contributed by atoms with Crippen molar-refractivity contribution >= 4 is 26.8 Å². The number of nitrogens with zero attached hydrogens (tertiary/aromatic N) is 7. The minimum absolute atomic E-state index is 0.101. The van der Waals surface area contributed by atoms with Crippen molar-refractivity contribution in [3.8, 4) is 0 Å². The molecule has 3 N–H and O–H groups in total. The van der Waals surface area contributed by atoms with Gasteiger partial charge in [-0.25, -0.2) is 13.8 Å². The lowest BCUT2D eigenvalue weighted by molar-refractivity contribution is -0.0568. The Morgan fingerprint density at radius 2 is 1.45 bits per heavy atom. The largest absolute Gasteiger partial charge is 0.414 e. The third-order valence-electron chi connectivity index (χ3n) is 12.9. The molecular weight excluding hydrogens is 865 g/mol. The van der Waals surface area contributed by atoms with E-state index in [0.29, 0.717) is 0 Å². The van der Waals surface area contributed by atoms with Crippen molar-refractivity contribution in [2.45, 2.75) is 154 Å². The van der Waals surface area contributed by atoms with E-state index < -0.39 is 103 Å². The fraction of sp³-hybridized carbons (Fsp3) is 0.737. The van der Waals surface area contributed by atoms with Gasteiger partial charge in [-0.3, -0.25) is 27.9 Å². The number of hydrogen-bond acceptors (Lipinski definition) is 15. The van der Waals surface area contributed by atoms with Crippen molar-refractivity contribution in [3.63, 3.8) is 0 Å². The van der Waals surface area contributed by atoms with Gasteiger partial charge in [0.15, 0.2) is 28.5 Å². The van der Waals surface area contributed by atoms with Crippen LogP contribution in [0.1, 0.15) is 71.5 Å². The van der Waals surface area contributed by atoms with Crippen molar-refractivity contribution in [2.75, 3.05) is 26.4 Å². The van der Waals surface area contributed by atoms with E-state index in [9.17, 15) is 32.7 Å². The number of aliphatic hydroxyl groups is 1. The van der Waals surface area contributed by atoms with E-state index in [2.05, 4.69) is 30.8 Å². The number of azide groups is 1. The monoisotopic (exact) mass is 926 g/mol. The van der Waals surface area contributed by atoms with Crippen molar-refractivity contribution in [3.05, 3.63) is 86.7 Å². The summed E-state index contributed by atoms with van der Waals surface area (Å²) in [7, 11) is -9.65. The van der Waals surface area contributed by atoms with E-state index in [1.165, 1.54) is 35.4 Å². The average Bonchev–Trinajstić information content (AvgIpc) is 3.78. The molecule has 0 bridgehead atoms. The van der Waals surface area contributed by atoms with Crippen LogP contribution in [0, 0.1) is 13.8 Å². The number of hydrogen-bond donors (Lipinski definition) is 2. The zero-order valence-corrected chi connectivity index (χ0v) is 40.4. The molecular formula is C38H62N8O13SSi2. The first-order chi connectivity index (χ1) is 28.5. The van der Waals surface area contributed by atoms with E-state index >= 15 is 0 Å². The number of aliphatic hydroxyl groups excluding tert-OH is 1. The normalized spacial score (nSPS) is 26.6. The number of aromatic nitrogens is 4. The Bertz CT molecular complexity index is 2460. The van der Waals surface area contributed by atoms with E-state index in [4.69, 9.17) is 38.5 Å². The van der Waals surface area contributed by atoms with E-state index in [-0.39, 0.29) is 61.2 Å². The lowest BCUT2D eigenvalue weighted by Crippen LogP contribution is -2.59. The number of rotatable bonds is 15. The van der Waals surface area contributed by atoms with Crippen LogP contribution in [0.5, 0.6) is 0 Å². The molecule has 5 heterocycles. The first-order valence-electron chi connectivity index (χ1n) is 20.5. The molecule has 0 unspecified atom stereocenters. The van der Waals surface area contributed by atoms with Crippen LogP contribution >= 0.6 is 0 Å². The maximum absolute atomic E-state index is 14.5. The minimum Gasteiger partial charge on any atom is -0.414 e. The quantitative estimate of drug-likeness (QED) is 0.0650. The molecule has 2 aromatic rings. The molecule has 0 aromatic carbocycles. The van der Waals surface area contributed by atoms with Gasteiger partial charge in [0.2, 0.25) is 0 Å². The summed E-state index contributed by atoms with van der Waals surface area (Å²) >= 11 is 0. The molecule has 3 aliphatic rings. The standard InChI is InChI=1S/C38H62N8O13SSi2/c1-23-18-45(29-17-25(41-42-40)26(20-47)56-29)34(50)43(31(23)48)13-15-54-16-14-44-32(49)24(2)19-46(35(44)51)33-30(58-62(11,12)37(6,7)8)38(27(39)22-60(52,53)59-38)28(57-33)21-55-61(9,10)36(3,4)5/h18-19,22,25-26,28-30,33,47H,13-17,20-21,39H2,1-12H3/t25-,26+,28+,29+,30-,33+,38+/m0/s1. The van der Waals surface area contributed by atoms with Gasteiger partial charge in [0.05, 0.1) is 62.8 Å². The van der Waals surface area contributed by atoms with Crippen molar-refractivity contribution in [2.24, 2.45) is 10.8 Å². The second-order valence-corrected chi connectivity index (χ2v) is 30.1. The molecule has 5 rings (SSSR count). The van der Waals surface area contributed by atoms with Crippen molar-refractivity contribution in [1.29, 1.82) is 0 Å². The highest BCUT2D eigenvalue weighted by Crippen LogP contribution is 2.52. The lowest BCUT2D eigenvalue weighted by Gasteiger charge is -2.43. The Morgan fingerprint density at radius 1 is 0.919 bits per heavy atom. The summed E-state index contributed by atoms with van der Waals surface area (Å²) in [4.78, 5) is 57.4. The summed E-state index contributed by atoms with van der Waals surface area (Å²) in [6, 6.07) is -0.720. The van der Waals surface area contributed by atoms with Crippen LogP contribution in [0.25, 0.3) is 10.4 Å². The topological polar surface area (TPSA) is 273 Å². The Kier molecular flexibility index (Phi) is 14.1. The van der Waals surface area contributed by atoms with Gasteiger partial charge in [-0.15, -0.1) is 0 Å². The van der Waals surface area contributed by atoms with Crippen LogP contribution in [0.15, 0.2) is 47.8 Å². The lowest BCUT2D eigenvalue weighted by atomic mass is 9.89. The van der Waals surface area contributed by atoms with Crippen LogP contribution < -0.4 is 28.2 Å². The van der Waals surface area contributed by atoms with Gasteiger partial charge in [0.1, 0.15) is 18.4 Å². The molecule has 24 heteroatoms. The average molecular weight is 927 g/mol. The zero-order chi connectivity index (χ0) is 46.5. The number of nitrogens with two attached hydrogens (primary N) is 1. The Morgan fingerprint density at radius 3 is 1.94 bits per heavy atom. The predicted octanol–water partition coefficient (Wildman–Crippen LogP) is 2.83. The first-order valence-corrected chi connectivity index (χ1v) is 27.8. The summed E-state index contributed by atoms with van der Waals surface area (Å²) < 4.78 is 68.4. The molecule has 2 fully saturated rings. The third-order valence-corrected chi connectivity index (χ3v) is 22.9. The molecule has 0 amide bonds. The number of ether oxygens (including phenoxy) is 3. The summed E-state index contributed by atoms with van der Waals surface area (Å²) in [5.74, 6) is 0. The predicted molar refractivity (Wildman–Crippen MR) is 233 cm³/mol. The molecule has 62 heavy (non-hydrogen) atoms. The molecule has 1 spiro atoms. The summed E-state index contributed by atoms with van der Waals surface area (Å²) in [5.41, 5.74) is 11.1. The fourth-order valence-corrected chi connectivity index (χ4v) is 10.7. The van der Waals surface area contributed by atoms with Gasteiger partial charge in [0, 0.05) is 34.9 Å². The van der Waals surface area contributed by atoms with Gasteiger partial charge < -0.3 is 33.9 Å². The third kappa shape index (κ3) is 9.41. The molecule has 2 aromatic heterocycles. The van der Waals surface area contributed by atoms with Crippen LogP contribution in [0.3, 0.4) is 0 Å². The summed E-state index contributed by atoms with van der Waals surface area (Å²) in [6.45, 7) is 21.8. The summed E-state index contributed by atoms with van der Waals surface area (Å²) in [6.07, 6.45) is -2.76. The smallest absolute Gasteiger partial charge is 0.333 e. The molecule has 346 valence electrons. The Labute approximate surface area is 362 Å².